The van der Waals surface area contributed by atoms with Crippen LogP contribution in [-0.4, -0.2) is 23.9 Å². The number of benzene rings is 2. The number of nitrogens with zero attached hydrogens (tertiary/aromatic N) is 2. The molecule has 0 saturated carbocycles. The zero-order chi connectivity index (χ0) is 19.2. The SMILES string of the molecule is COc1ccc(C(=O)Nc2nc(C(=O)Nc3cccc(C#N)c3)cs2)cc1. The summed E-state index contributed by atoms with van der Waals surface area (Å²) >= 11 is 1.15. The summed E-state index contributed by atoms with van der Waals surface area (Å²) in [5.41, 5.74) is 1.56. The van der Waals surface area contributed by atoms with Crippen LogP contribution in [0.3, 0.4) is 0 Å². The fourth-order valence-corrected chi connectivity index (χ4v) is 2.89. The second kappa shape index (κ2) is 8.12. The van der Waals surface area contributed by atoms with Gasteiger partial charge in [-0.2, -0.15) is 5.26 Å². The molecule has 3 aromatic rings. The molecule has 0 radical (unpaired) electrons. The molecular weight excluding hydrogens is 364 g/mol. The molecule has 1 aromatic heterocycles. The van der Waals surface area contributed by atoms with E-state index in [-0.39, 0.29) is 11.6 Å². The summed E-state index contributed by atoms with van der Waals surface area (Å²) in [4.78, 5) is 28.6. The van der Waals surface area contributed by atoms with Crippen molar-refractivity contribution in [2.75, 3.05) is 17.7 Å². The van der Waals surface area contributed by atoms with Crippen LogP contribution in [-0.2, 0) is 0 Å². The number of rotatable bonds is 5. The van der Waals surface area contributed by atoms with Crippen LogP contribution in [0, 0.1) is 11.3 Å². The Morgan fingerprint density at radius 1 is 1.11 bits per heavy atom. The Balaban J connectivity index is 1.65. The van der Waals surface area contributed by atoms with Crippen molar-refractivity contribution >= 4 is 34.0 Å². The van der Waals surface area contributed by atoms with Gasteiger partial charge in [-0.1, -0.05) is 6.07 Å². The minimum Gasteiger partial charge on any atom is -0.497 e. The Bertz CT molecular complexity index is 1020. The molecule has 134 valence electrons. The van der Waals surface area contributed by atoms with E-state index in [0.717, 1.165) is 11.3 Å². The lowest BCUT2D eigenvalue weighted by atomic mass is 10.2. The number of anilines is 2. The topological polar surface area (TPSA) is 104 Å². The molecule has 2 N–H and O–H groups in total. The predicted molar refractivity (Wildman–Crippen MR) is 102 cm³/mol. The highest BCUT2D eigenvalue weighted by molar-refractivity contribution is 7.14. The molecule has 2 amide bonds. The number of carbonyl (C=O) groups is 2. The predicted octanol–water partition coefficient (Wildman–Crippen LogP) is 3.53. The lowest BCUT2D eigenvalue weighted by molar-refractivity contribution is 0.101. The molecule has 0 unspecified atom stereocenters. The maximum atomic E-state index is 12.3. The number of aromatic nitrogens is 1. The van der Waals surface area contributed by atoms with Gasteiger partial charge in [0.2, 0.25) is 0 Å². The van der Waals surface area contributed by atoms with E-state index in [1.165, 1.54) is 0 Å². The van der Waals surface area contributed by atoms with Crippen LogP contribution < -0.4 is 15.4 Å². The minimum atomic E-state index is -0.425. The van der Waals surface area contributed by atoms with Crippen molar-refractivity contribution in [1.82, 2.24) is 4.98 Å². The second-order valence-corrected chi connectivity index (χ2v) is 6.23. The molecule has 7 nitrogen and oxygen atoms in total. The number of nitriles is 1. The van der Waals surface area contributed by atoms with Gasteiger partial charge < -0.3 is 10.1 Å². The van der Waals surface area contributed by atoms with Gasteiger partial charge >= 0.3 is 0 Å². The molecule has 0 fully saturated rings. The third-order valence-electron chi connectivity index (χ3n) is 3.56. The summed E-state index contributed by atoms with van der Waals surface area (Å²) < 4.78 is 5.06. The fourth-order valence-electron chi connectivity index (χ4n) is 2.21. The van der Waals surface area contributed by atoms with Gasteiger partial charge in [0.1, 0.15) is 11.4 Å². The van der Waals surface area contributed by atoms with Gasteiger partial charge in [0.25, 0.3) is 11.8 Å². The Morgan fingerprint density at radius 3 is 2.59 bits per heavy atom. The van der Waals surface area contributed by atoms with E-state index < -0.39 is 5.91 Å². The van der Waals surface area contributed by atoms with Crippen molar-refractivity contribution in [2.45, 2.75) is 0 Å². The summed E-state index contributed by atoms with van der Waals surface area (Å²) in [6.07, 6.45) is 0. The molecule has 1 heterocycles. The summed E-state index contributed by atoms with van der Waals surface area (Å²) in [6, 6.07) is 15.2. The number of thiazole rings is 1. The number of nitrogens with one attached hydrogen (secondary N) is 2. The number of amides is 2. The third kappa shape index (κ3) is 4.48. The summed E-state index contributed by atoms with van der Waals surface area (Å²) in [7, 11) is 1.55. The fraction of sp³-hybridized carbons (Fsp3) is 0.0526. The van der Waals surface area contributed by atoms with Gasteiger partial charge in [-0.25, -0.2) is 4.98 Å². The van der Waals surface area contributed by atoms with Crippen LogP contribution in [0.15, 0.2) is 53.9 Å². The van der Waals surface area contributed by atoms with Crippen LogP contribution >= 0.6 is 11.3 Å². The molecule has 0 aliphatic carbocycles. The lowest BCUT2D eigenvalue weighted by Gasteiger charge is -2.04. The van der Waals surface area contributed by atoms with E-state index in [2.05, 4.69) is 15.6 Å². The van der Waals surface area contributed by atoms with E-state index in [1.54, 1.807) is 61.0 Å². The average Bonchev–Trinajstić information content (AvgIpc) is 3.17. The molecule has 2 aromatic carbocycles. The Kier molecular flexibility index (Phi) is 5.44. The van der Waals surface area contributed by atoms with Gasteiger partial charge in [-0.15, -0.1) is 11.3 Å². The molecule has 3 rings (SSSR count). The molecule has 0 atom stereocenters. The summed E-state index contributed by atoms with van der Waals surface area (Å²) in [5.74, 6) is -0.104. The minimum absolute atomic E-state index is 0.174. The van der Waals surface area contributed by atoms with E-state index in [4.69, 9.17) is 10.00 Å². The van der Waals surface area contributed by atoms with E-state index in [1.807, 2.05) is 6.07 Å². The molecular formula is C19H14N4O3S. The summed E-state index contributed by atoms with van der Waals surface area (Å²) in [6.45, 7) is 0. The standard InChI is InChI=1S/C19H14N4O3S/c1-26-15-7-5-13(6-8-15)17(24)23-19-22-16(11-27-19)18(25)21-14-4-2-3-12(9-14)10-20/h2-9,11H,1H3,(H,21,25)(H,22,23,24). The largest absolute Gasteiger partial charge is 0.497 e. The first kappa shape index (κ1) is 18.1. The van der Waals surface area contributed by atoms with Gasteiger partial charge in [0.05, 0.1) is 18.7 Å². The van der Waals surface area contributed by atoms with Gasteiger partial charge in [-0.3, -0.25) is 14.9 Å². The second-order valence-electron chi connectivity index (χ2n) is 5.37. The van der Waals surface area contributed by atoms with Crippen LogP contribution in [0.5, 0.6) is 5.75 Å². The third-order valence-corrected chi connectivity index (χ3v) is 4.32. The maximum Gasteiger partial charge on any atom is 0.275 e. The van der Waals surface area contributed by atoms with Crippen molar-refractivity contribution in [3.8, 4) is 11.8 Å². The van der Waals surface area contributed by atoms with Crippen LogP contribution in [0.2, 0.25) is 0 Å². The molecule has 0 aliphatic heterocycles. The quantitative estimate of drug-likeness (QED) is 0.707. The molecule has 0 aliphatic rings. The molecule has 27 heavy (non-hydrogen) atoms. The van der Waals surface area contributed by atoms with E-state index in [0.29, 0.717) is 27.7 Å². The lowest BCUT2D eigenvalue weighted by Crippen LogP contribution is -2.14. The zero-order valence-electron chi connectivity index (χ0n) is 14.2. The van der Waals surface area contributed by atoms with Crippen molar-refractivity contribution in [3.63, 3.8) is 0 Å². The first-order valence-electron chi connectivity index (χ1n) is 7.81. The van der Waals surface area contributed by atoms with E-state index >= 15 is 0 Å². The monoisotopic (exact) mass is 378 g/mol. The van der Waals surface area contributed by atoms with Crippen LogP contribution in [0.4, 0.5) is 10.8 Å². The average molecular weight is 378 g/mol. The van der Waals surface area contributed by atoms with Crippen molar-refractivity contribution in [3.05, 3.63) is 70.7 Å². The highest BCUT2D eigenvalue weighted by Gasteiger charge is 2.14. The Morgan fingerprint density at radius 2 is 1.89 bits per heavy atom. The summed E-state index contributed by atoms with van der Waals surface area (Å²) in [5, 5.41) is 16.1. The highest BCUT2D eigenvalue weighted by atomic mass is 32.1. The number of hydrogen-bond acceptors (Lipinski definition) is 6. The van der Waals surface area contributed by atoms with Crippen molar-refractivity contribution in [2.24, 2.45) is 0 Å². The van der Waals surface area contributed by atoms with Crippen LogP contribution in [0.25, 0.3) is 0 Å². The van der Waals surface area contributed by atoms with Crippen LogP contribution in [0.1, 0.15) is 26.4 Å². The normalized spacial score (nSPS) is 9.93. The van der Waals surface area contributed by atoms with Crippen molar-refractivity contribution < 1.29 is 14.3 Å². The maximum absolute atomic E-state index is 12.3. The van der Waals surface area contributed by atoms with Gasteiger partial charge in [-0.05, 0) is 42.5 Å². The molecule has 0 spiro atoms. The highest BCUT2D eigenvalue weighted by Crippen LogP contribution is 2.19. The number of carbonyl (C=O) groups excluding carboxylic acids is 2. The Hall–Kier alpha value is -3.70. The number of hydrogen-bond donors (Lipinski definition) is 2. The number of methoxy groups -OCH3 is 1. The van der Waals surface area contributed by atoms with Crippen molar-refractivity contribution in [1.29, 1.82) is 5.26 Å². The first-order valence-corrected chi connectivity index (χ1v) is 8.69. The first-order chi connectivity index (χ1) is 13.1. The zero-order valence-corrected chi connectivity index (χ0v) is 15.0. The van der Waals surface area contributed by atoms with Gasteiger partial charge in [0, 0.05) is 16.6 Å². The molecule has 0 saturated heterocycles. The number of ether oxygens (including phenoxy) is 1. The van der Waals surface area contributed by atoms with Gasteiger partial charge in [0.15, 0.2) is 5.13 Å². The molecule has 8 heteroatoms. The molecule has 0 bridgehead atoms. The van der Waals surface area contributed by atoms with E-state index in [9.17, 15) is 9.59 Å². The Labute approximate surface area is 159 Å². The smallest absolute Gasteiger partial charge is 0.275 e.